The quantitative estimate of drug-likeness (QED) is 0.233. The highest BCUT2D eigenvalue weighted by Crippen LogP contribution is 2.31. The van der Waals surface area contributed by atoms with E-state index in [1.807, 2.05) is 59.9 Å². The first-order chi connectivity index (χ1) is 18.5. The van der Waals surface area contributed by atoms with Gasteiger partial charge in [-0.15, -0.1) is 24.8 Å². The van der Waals surface area contributed by atoms with Crippen LogP contribution in [0.25, 0.3) is 0 Å². The predicted octanol–water partition coefficient (Wildman–Crippen LogP) is 7.04. The Bertz CT molecular complexity index is 1450. The van der Waals surface area contributed by atoms with Crippen LogP contribution < -0.4 is 0 Å². The number of nitrogens with zero attached hydrogens (tertiary/aromatic N) is 5. The molecular weight excluding hydrogens is 588 g/mol. The van der Waals surface area contributed by atoms with Crippen LogP contribution >= 0.6 is 48.0 Å². The van der Waals surface area contributed by atoms with E-state index in [9.17, 15) is 4.79 Å². The number of nitriles is 1. The lowest BCUT2D eigenvalue weighted by molar-refractivity contribution is 0.0685. The summed E-state index contributed by atoms with van der Waals surface area (Å²) in [7, 11) is 0. The molecule has 1 aliphatic heterocycles. The molecule has 0 saturated carbocycles. The summed E-state index contributed by atoms with van der Waals surface area (Å²) in [6, 6.07) is 24.9. The SMILES string of the molecule is Cl.Cl.N#Cc1ccc(Cn2cncc2CN2CCC(c3ccccc3)N(C(=O)c3ccc(Cl)cc3Cl)CC2)cc1. The normalized spacial score (nSPS) is 15.3. The van der Waals surface area contributed by atoms with E-state index in [1.54, 1.807) is 18.2 Å². The lowest BCUT2D eigenvalue weighted by Gasteiger charge is -2.30. The predicted molar refractivity (Wildman–Crippen MR) is 164 cm³/mol. The van der Waals surface area contributed by atoms with Gasteiger partial charge in [0.1, 0.15) is 0 Å². The van der Waals surface area contributed by atoms with Gasteiger partial charge in [-0.05, 0) is 47.9 Å². The fourth-order valence-electron chi connectivity index (χ4n) is 4.95. The van der Waals surface area contributed by atoms with Crippen molar-refractivity contribution in [1.29, 1.82) is 5.26 Å². The van der Waals surface area contributed by atoms with Crippen LogP contribution in [0.2, 0.25) is 10.0 Å². The van der Waals surface area contributed by atoms with E-state index in [1.165, 1.54) is 0 Å². The molecule has 1 fully saturated rings. The molecule has 5 rings (SSSR count). The van der Waals surface area contributed by atoms with Crippen LogP contribution in [-0.2, 0) is 13.1 Å². The lowest BCUT2D eigenvalue weighted by atomic mass is 10.0. The number of hydrogen-bond acceptors (Lipinski definition) is 4. The number of benzene rings is 3. The fourth-order valence-corrected chi connectivity index (χ4v) is 5.44. The van der Waals surface area contributed by atoms with Gasteiger partial charge >= 0.3 is 0 Å². The molecule has 1 saturated heterocycles. The summed E-state index contributed by atoms with van der Waals surface area (Å²) in [6.45, 7) is 3.53. The Morgan fingerprint density at radius 1 is 0.950 bits per heavy atom. The van der Waals surface area contributed by atoms with Gasteiger partial charge < -0.3 is 9.47 Å². The van der Waals surface area contributed by atoms with Crippen molar-refractivity contribution in [2.45, 2.75) is 25.6 Å². The number of carbonyl (C=O) groups excluding carboxylic acids is 1. The van der Waals surface area contributed by atoms with Crippen LogP contribution in [0.3, 0.4) is 0 Å². The molecule has 208 valence electrons. The van der Waals surface area contributed by atoms with Crippen molar-refractivity contribution in [3.05, 3.63) is 123 Å². The van der Waals surface area contributed by atoms with E-state index in [2.05, 4.69) is 32.7 Å². The number of imidazole rings is 1. The average Bonchev–Trinajstić information content (AvgIpc) is 3.25. The number of amides is 1. The first-order valence-electron chi connectivity index (χ1n) is 12.5. The van der Waals surface area contributed by atoms with E-state index >= 15 is 0 Å². The number of rotatable bonds is 6. The second-order valence-corrected chi connectivity index (χ2v) is 10.3. The molecule has 1 aromatic heterocycles. The van der Waals surface area contributed by atoms with Crippen molar-refractivity contribution < 1.29 is 4.79 Å². The van der Waals surface area contributed by atoms with E-state index in [0.29, 0.717) is 34.3 Å². The number of carbonyl (C=O) groups is 1. The Morgan fingerprint density at radius 3 is 2.40 bits per heavy atom. The van der Waals surface area contributed by atoms with Crippen LogP contribution in [0, 0.1) is 11.3 Å². The second kappa shape index (κ2) is 14.5. The Kier molecular flexibility index (Phi) is 11.4. The number of aromatic nitrogens is 2. The van der Waals surface area contributed by atoms with Gasteiger partial charge in [0.15, 0.2) is 0 Å². The maximum atomic E-state index is 13.7. The van der Waals surface area contributed by atoms with Gasteiger partial charge in [-0.1, -0.05) is 65.7 Å². The minimum absolute atomic E-state index is 0. The maximum Gasteiger partial charge on any atom is 0.255 e. The summed E-state index contributed by atoms with van der Waals surface area (Å²) in [6.07, 6.45) is 4.54. The Morgan fingerprint density at radius 2 is 1.70 bits per heavy atom. The zero-order chi connectivity index (χ0) is 26.5. The molecule has 2 heterocycles. The first-order valence-corrected chi connectivity index (χ1v) is 13.3. The third-order valence-corrected chi connectivity index (χ3v) is 7.53. The summed E-state index contributed by atoms with van der Waals surface area (Å²) >= 11 is 12.5. The zero-order valence-electron chi connectivity index (χ0n) is 21.6. The van der Waals surface area contributed by atoms with Gasteiger partial charge in [-0.2, -0.15) is 5.26 Å². The largest absolute Gasteiger partial charge is 0.330 e. The van der Waals surface area contributed by atoms with Crippen LogP contribution in [0.1, 0.15) is 45.2 Å². The minimum atomic E-state index is -0.0896. The van der Waals surface area contributed by atoms with Crippen molar-refractivity contribution in [1.82, 2.24) is 19.4 Å². The maximum absolute atomic E-state index is 13.7. The summed E-state index contributed by atoms with van der Waals surface area (Å²) in [4.78, 5) is 22.5. The standard InChI is InChI=1S/C30H27Cl2N5O.2ClH/c31-25-10-11-27(28(32)16-25)30(38)37-15-14-35(13-12-29(37)24-4-2-1-3-5-24)20-26-18-34-21-36(26)19-23-8-6-22(17-33)7-9-23;;/h1-11,16,18,21,29H,12-15,19-20H2;2*1H. The minimum Gasteiger partial charge on any atom is -0.330 e. The van der Waals surface area contributed by atoms with Gasteiger partial charge in [0.25, 0.3) is 5.91 Å². The molecule has 0 bridgehead atoms. The highest BCUT2D eigenvalue weighted by molar-refractivity contribution is 6.36. The highest BCUT2D eigenvalue weighted by atomic mass is 35.5. The number of hydrogen-bond donors (Lipinski definition) is 0. The van der Waals surface area contributed by atoms with Crippen molar-refractivity contribution in [3.63, 3.8) is 0 Å². The molecule has 0 radical (unpaired) electrons. The van der Waals surface area contributed by atoms with Crippen LogP contribution in [0.5, 0.6) is 0 Å². The molecule has 6 nitrogen and oxygen atoms in total. The van der Waals surface area contributed by atoms with Gasteiger partial charge in [-0.3, -0.25) is 9.69 Å². The van der Waals surface area contributed by atoms with Crippen molar-refractivity contribution in [3.8, 4) is 6.07 Å². The van der Waals surface area contributed by atoms with Gasteiger partial charge in [-0.25, -0.2) is 4.98 Å². The number of halogens is 4. The third-order valence-electron chi connectivity index (χ3n) is 6.98. The molecule has 1 atom stereocenters. The fraction of sp³-hybridized carbons (Fsp3) is 0.233. The highest BCUT2D eigenvalue weighted by Gasteiger charge is 2.31. The Hall–Kier alpha value is -3.05. The molecule has 10 heteroatoms. The monoisotopic (exact) mass is 615 g/mol. The van der Waals surface area contributed by atoms with Gasteiger partial charge in [0, 0.05) is 43.9 Å². The first kappa shape index (κ1) is 31.5. The topological polar surface area (TPSA) is 65.2 Å². The summed E-state index contributed by atoms with van der Waals surface area (Å²) in [5.74, 6) is -0.0896. The van der Waals surface area contributed by atoms with Crippen molar-refractivity contribution >= 4 is 53.9 Å². The van der Waals surface area contributed by atoms with Crippen LogP contribution in [0.4, 0.5) is 0 Å². The zero-order valence-corrected chi connectivity index (χ0v) is 24.8. The molecule has 1 aliphatic rings. The molecule has 1 amide bonds. The molecule has 0 spiro atoms. The van der Waals surface area contributed by atoms with Gasteiger partial charge in [0.2, 0.25) is 0 Å². The molecule has 4 aromatic rings. The summed E-state index contributed by atoms with van der Waals surface area (Å²) < 4.78 is 2.14. The van der Waals surface area contributed by atoms with Gasteiger partial charge in [0.05, 0.1) is 40.3 Å². The van der Waals surface area contributed by atoms with Crippen molar-refractivity contribution in [2.75, 3.05) is 19.6 Å². The molecule has 0 N–H and O–H groups in total. The Balaban J connectivity index is 0.00000220. The van der Waals surface area contributed by atoms with E-state index < -0.39 is 0 Å². The van der Waals surface area contributed by atoms with Crippen LogP contribution in [0.15, 0.2) is 85.3 Å². The molecule has 3 aromatic carbocycles. The van der Waals surface area contributed by atoms with Crippen molar-refractivity contribution in [2.24, 2.45) is 0 Å². The van der Waals surface area contributed by atoms with E-state index in [0.717, 1.165) is 42.9 Å². The summed E-state index contributed by atoms with van der Waals surface area (Å²) in [5, 5.41) is 9.93. The molecule has 40 heavy (non-hydrogen) atoms. The second-order valence-electron chi connectivity index (χ2n) is 9.44. The summed E-state index contributed by atoms with van der Waals surface area (Å²) in [5.41, 5.74) is 4.44. The van der Waals surface area contributed by atoms with E-state index in [-0.39, 0.29) is 36.8 Å². The lowest BCUT2D eigenvalue weighted by Crippen LogP contribution is -2.37. The average molecular weight is 617 g/mol. The Labute approximate surface area is 257 Å². The third kappa shape index (κ3) is 7.37. The smallest absolute Gasteiger partial charge is 0.255 e. The van der Waals surface area contributed by atoms with E-state index in [4.69, 9.17) is 28.5 Å². The molecule has 1 unspecified atom stereocenters. The van der Waals surface area contributed by atoms with Crippen LogP contribution in [-0.4, -0.2) is 44.9 Å². The molecular formula is C30H29Cl4N5O. The molecule has 0 aliphatic carbocycles.